The number of nitrogens with zero attached hydrogens (tertiary/aromatic N) is 1. The van der Waals surface area contributed by atoms with E-state index < -0.39 is 0 Å². The van der Waals surface area contributed by atoms with Crippen LogP contribution in [-0.4, -0.2) is 25.8 Å². The lowest BCUT2D eigenvalue weighted by Gasteiger charge is -2.07. The maximum absolute atomic E-state index is 11.9. The third-order valence-corrected chi connectivity index (χ3v) is 4.07. The standard InChI is InChI=1S/C23H23N3O3/c1-28-21-13-9-20(10-14-21)24-16-23(27)26-25-15-18-7-11-22(12-8-18)29-17-19-5-3-2-4-6-19/h2-15,24H,16-17H2,1H3,(H,26,27)/b25-15+. The summed E-state index contributed by atoms with van der Waals surface area (Å²) in [5.74, 6) is 1.31. The van der Waals surface area contributed by atoms with Crippen LogP contribution < -0.4 is 20.2 Å². The fourth-order valence-electron chi connectivity index (χ4n) is 2.50. The van der Waals surface area contributed by atoms with Gasteiger partial charge < -0.3 is 14.8 Å². The van der Waals surface area contributed by atoms with Gasteiger partial charge in [0.25, 0.3) is 5.91 Å². The molecule has 0 aliphatic rings. The summed E-state index contributed by atoms with van der Waals surface area (Å²) in [5, 5.41) is 7.00. The van der Waals surface area contributed by atoms with Gasteiger partial charge in [0.2, 0.25) is 0 Å². The zero-order valence-electron chi connectivity index (χ0n) is 16.2. The summed E-state index contributed by atoms with van der Waals surface area (Å²) in [6.07, 6.45) is 1.59. The second-order valence-electron chi connectivity index (χ2n) is 6.22. The zero-order chi connectivity index (χ0) is 20.3. The minimum atomic E-state index is -0.236. The van der Waals surface area contributed by atoms with Crippen LogP contribution in [0.15, 0.2) is 84.0 Å². The number of nitrogens with one attached hydrogen (secondary N) is 2. The molecule has 0 saturated heterocycles. The highest BCUT2D eigenvalue weighted by Gasteiger charge is 2.00. The Hall–Kier alpha value is -3.80. The molecule has 0 aliphatic carbocycles. The summed E-state index contributed by atoms with van der Waals surface area (Å²) in [7, 11) is 1.61. The van der Waals surface area contributed by atoms with Crippen molar-refractivity contribution in [3.05, 3.63) is 90.0 Å². The maximum atomic E-state index is 11.9. The van der Waals surface area contributed by atoms with Gasteiger partial charge in [0.15, 0.2) is 0 Å². The molecule has 1 amide bonds. The SMILES string of the molecule is COc1ccc(NCC(=O)N/N=C/c2ccc(OCc3ccccc3)cc2)cc1. The molecule has 148 valence electrons. The molecule has 0 fully saturated rings. The molecule has 0 radical (unpaired) electrons. The monoisotopic (exact) mass is 389 g/mol. The first-order valence-corrected chi connectivity index (χ1v) is 9.19. The molecule has 3 aromatic carbocycles. The predicted molar refractivity (Wildman–Crippen MR) is 114 cm³/mol. The summed E-state index contributed by atoms with van der Waals surface area (Å²) in [6, 6.07) is 24.8. The molecule has 6 heteroatoms. The van der Waals surface area contributed by atoms with Crippen molar-refractivity contribution >= 4 is 17.8 Å². The number of carbonyl (C=O) groups excluding carboxylic acids is 1. The molecule has 3 rings (SSSR count). The molecule has 3 aromatic rings. The van der Waals surface area contributed by atoms with E-state index in [0.717, 1.165) is 28.3 Å². The zero-order valence-corrected chi connectivity index (χ0v) is 16.2. The van der Waals surface area contributed by atoms with E-state index in [1.807, 2.05) is 78.9 Å². The minimum Gasteiger partial charge on any atom is -0.497 e. The molecule has 2 N–H and O–H groups in total. The van der Waals surface area contributed by atoms with Gasteiger partial charge >= 0.3 is 0 Å². The fraction of sp³-hybridized carbons (Fsp3) is 0.130. The van der Waals surface area contributed by atoms with Crippen LogP contribution in [0.1, 0.15) is 11.1 Å². The lowest BCUT2D eigenvalue weighted by molar-refractivity contribution is -0.119. The van der Waals surface area contributed by atoms with Gasteiger partial charge in [-0.2, -0.15) is 5.10 Å². The van der Waals surface area contributed by atoms with E-state index in [2.05, 4.69) is 15.8 Å². The first kappa shape index (κ1) is 19.9. The van der Waals surface area contributed by atoms with E-state index in [0.29, 0.717) is 6.61 Å². The van der Waals surface area contributed by atoms with Gasteiger partial charge in [-0.25, -0.2) is 5.43 Å². The van der Waals surface area contributed by atoms with E-state index in [9.17, 15) is 4.79 Å². The lowest BCUT2D eigenvalue weighted by Crippen LogP contribution is -2.25. The van der Waals surface area contributed by atoms with Gasteiger partial charge in [-0.05, 0) is 59.7 Å². The molecule has 0 aliphatic heterocycles. The van der Waals surface area contributed by atoms with Crippen molar-refractivity contribution in [3.8, 4) is 11.5 Å². The second-order valence-corrected chi connectivity index (χ2v) is 6.22. The van der Waals surface area contributed by atoms with Crippen molar-refractivity contribution in [2.45, 2.75) is 6.61 Å². The highest BCUT2D eigenvalue weighted by atomic mass is 16.5. The highest BCUT2D eigenvalue weighted by molar-refractivity contribution is 5.84. The van der Waals surface area contributed by atoms with Crippen molar-refractivity contribution in [1.29, 1.82) is 0 Å². The van der Waals surface area contributed by atoms with Gasteiger partial charge in [0.05, 0.1) is 19.9 Å². The number of rotatable bonds is 9. The Balaban J connectivity index is 1.40. The third-order valence-electron chi connectivity index (χ3n) is 4.07. The van der Waals surface area contributed by atoms with Crippen molar-refractivity contribution in [1.82, 2.24) is 5.43 Å². The smallest absolute Gasteiger partial charge is 0.259 e. The number of amides is 1. The van der Waals surface area contributed by atoms with Crippen molar-refractivity contribution in [2.24, 2.45) is 5.10 Å². The summed E-state index contributed by atoms with van der Waals surface area (Å²) < 4.78 is 10.8. The van der Waals surface area contributed by atoms with Gasteiger partial charge in [0.1, 0.15) is 18.1 Å². The number of methoxy groups -OCH3 is 1. The first-order valence-electron chi connectivity index (χ1n) is 9.19. The molecule has 0 spiro atoms. The van der Waals surface area contributed by atoms with Gasteiger partial charge in [-0.15, -0.1) is 0 Å². The first-order chi connectivity index (χ1) is 14.2. The van der Waals surface area contributed by atoms with Gasteiger partial charge in [-0.1, -0.05) is 30.3 Å². The molecule has 6 nitrogen and oxygen atoms in total. The Morgan fingerprint density at radius 2 is 1.62 bits per heavy atom. The van der Waals surface area contributed by atoms with E-state index in [1.165, 1.54) is 0 Å². The number of hydrogen-bond donors (Lipinski definition) is 2. The molecule has 0 unspecified atom stereocenters. The van der Waals surface area contributed by atoms with Gasteiger partial charge in [0, 0.05) is 5.69 Å². The fourth-order valence-corrected chi connectivity index (χ4v) is 2.50. The summed E-state index contributed by atoms with van der Waals surface area (Å²) in [4.78, 5) is 11.9. The Kier molecular flexibility index (Phi) is 7.23. The Morgan fingerprint density at radius 1 is 0.931 bits per heavy atom. The molecular weight excluding hydrogens is 366 g/mol. The second kappa shape index (κ2) is 10.5. The van der Waals surface area contributed by atoms with Crippen LogP contribution in [0.2, 0.25) is 0 Å². The highest BCUT2D eigenvalue weighted by Crippen LogP contribution is 2.15. The van der Waals surface area contributed by atoms with E-state index in [-0.39, 0.29) is 12.5 Å². The van der Waals surface area contributed by atoms with Crippen LogP contribution in [0.3, 0.4) is 0 Å². The van der Waals surface area contributed by atoms with Crippen LogP contribution in [0.4, 0.5) is 5.69 Å². The summed E-state index contributed by atoms with van der Waals surface area (Å²) >= 11 is 0. The number of hydrazone groups is 1. The number of benzene rings is 3. The van der Waals surface area contributed by atoms with Crippen LogP contribution in [0.25, 0.3) is 0 Å². The number of ether oxygens (including phenoxy) is 2. The molecule has 29 heavy (non-hydrogen) atoms. The van der Waals surface area contributed by atoms with Crippen LogP contribution in [0.5, 0.6) is 11.5 Å². The average Bonchev–Trinajstić information content (AvgIpc) is 2.78. The number of hydrogen-bond acceptors (Lipinski definition) is 5. The van der Waals surface area contributed by atoms with E-state index in [1.54, 1.807) is 13.3 Å². The van der Waals surface area contributed by atoms with Crippen molar-refractivity contribution in [3.63, 3.8) is 0 Å². The quantitative estimate of drug-likeness (QED) is 0.431. The van der Waals surface area contributed by atoms with E-state index in [4.69, 9.17) is 9.47 Å². The van der Waals surface area contributed by atoms with Crippen LogP contribution >= 0.6 is 0 Å². The van der Waals surface area contributed by atoms with Crippen molar-refractivity contribution in [2.75, 3.05) is 19.0 Å². The molecular formula is C23H23N3O3. The van der Waals surface area contributed by atoms with Crippen LogP contribution in [-0.2, 0) is 11.4 Å². The predicted octanol–water partition coefficient (Wildman–Crippen LogP) is 3.84. The number of anilines is 1. The summed E-state index contributed by atoms with van der Waals surface area (Å²) in [6.45, 7) is 0.640. The molecule has 0 heterocycles. The Bertz CT molecular complexity index is 924. The minimum absolute atomic E-state index is 0.121. The summed E-state index contributed by atoms with van der Waals surface area (Å²) in [5.41, 5.74) is 5.30. The molecule has 0 bridgehead atoms. The average molecular weight is 389 g/mol. The molecule has 0 aromatic heterocycles. The Labute approximate surface area is 170 Å². The normalized spacial score (nSPS) is 10.5. The van der Waals surface area contributed by atoms with Gasteiger partial charge in [-0.3, -0.25) is 4.79 Å². The van der Waals surface area contributed by atoms with E-state index >= 15 is 0 Å². The topological polar surface area (TPSA) is 72.0 Å². The largest absolute Gasteiger partial charge is 0.497 e. The molecule has 0 saturated carbocycles. The molecule has 0 atom stereocenters. The lowest BCUT2D eigenvalue weighted by atomic mass is 10.2. The third kappa shape index (κ3) is 6.70. The number of carbonyl (C=O) groups is 1. The maximum Gasteiger partial charge on any atom is 0.259 e. The van der Waals surface area contributed by atoms with Crippen molar-refractivity contribution < 1.29 is 14.3 Å². The van der Waals surface area contributed by atoms with Crippen LogP contribution in [0, 0.1) is 0 Å². The Morgan fingerprint density at radius 3 is 2.31 bits per heavy atom.